The van der Waals surface area contributed by atoms with Crippen molar-refractivity contribution < 1.29 is 5.11 Å². The van der Waals surface area contributed by atoms with E-state index in [1.54, 1.807) is 6.07 Å². The average Bonchev–Trinajstić information content (AvgIpc) is 2.49. The van der Waals surface area contributed by atoms with E-state index >= 15 is 0 Å². The molecule has 4 heteroatoms. The van der Waals surface area contributed by atoms with E-state index < -0.39 is 6.10 Å². The molecule has 1 heterocycles. The van der Waals surface area contributed by atoms with Gasteiger partial charge in [0.1, 0.15) is 0 Å². The van der Waals surface area contributed by atoms with Crippen LogP contribution in [0.25, 0.3) is 0 Å². The molecule has 1 aliphatic rings. The predicted octanol–water partition coefficient (Wildman–Crippen LogP) is 4.93. The number of halogens is 2. The van der Waals surface area contributed by atoms with Crippen molar-refractivity contribution in [3.63, 3.8) is 0 Å². The van der Waals surface area contributed by atoms with Gasteiger partial charge in [0.05, 0.1) is 16.1 Å². The van der Waals surface area contributed by atoms with E-state index in [4.69, 9.17) is 23.2 Å². The van der Waals surface area contributed by atoms with Gasteiger partial charge in [-0.2, -0.15) is 0 Å². The summed E-state index contributed by atoms with van der Waals surface area (Å²) in [6.07, 6.45) is 3.90. The molecule has 2 rings (SSSR count). The van der Waals surface area contributed by atoms with Crippen LogP contribution in [0.1, 0.15) is 51.2 Å². The van der Waals surface area contributed by atoms with Gasteiger partial charge in [0.2, 0.25) is 0 Å². The van der Waals surface area contributed by atoms with Crippen LogP contribution in [0.2, 0.25) is 10.0 Å². The molecule has 1 N–H and O–H groups in total. The van der Waals surface area contributed by atoms with E-state index in [0.29, 0.717) is 21.9 Å². The number of rotatable bonds is 5. The molecule has 0 saturated carbocycles. The zero-order valence-electron chi connectivity index (χ0n) is 12.9. The normalized spacial score (nSPS) is 20.4. The van der Waals surface area contributed by atoms with Gasteiger partial charge in [0.15, 0.2) is 0 Å². The highest BCUT2D eigenvalue weighted by atomic mass is 35.5. The zero-order chi connectivity index (χ0) is 15.5. The molecule has 1 saturated heterocycles. The van der Waals surface area contributed by atoms with E-state index in [1.807, 2.05) is 12.1 Å². The maximum atomic E-state index is 10.3. The Bertz CT molecular complexity index is 470. The molecule has 0 aromatic heterocycles. The average molecular weight is 330 g/mol. The van der Waals surface area contributed by atoms with E-state index in [9.17, 15) is 5.11 Å². The van der Waals surface area contributed by atoms with Crippen molar-refractivity contribution in [3.05, 3.63) is 33.8 Å². The second-order valence-corrected chi connectivity index (χ2v) is 7.24. The van der Waals surface area contributed by atoms with Crippen LogP contribution >= 0.6 is 23.2 Å². The number of hydrogen-bond donors (Lipinski definition) is 1. The Labute approximate surface area is 138 Å². The summed E-state index contributed by atoms with van der Waals surface area (Å²) >= 11 is 12.2. The lowest BCUT2D eigenvalue weighted by atomic mass is 9.78. The summed E-state index contributed by atoms with van der Waals surface area (Å²) in [5, 5.41) is 11.3. The minimum Gasteiger partial charge on any atom is -0.388 e. The second-order valence-electron chi connectivity index (χ2n) is 6.45. The molecular weight excluding hydrogens is 305 g/mol. The van der Waals surface area contributed by atoms with Gasteiger partial charge in [-0.05, 0) is 43.8 Å². The van der Waals surface area contributed by atoms with Crippen LogP contribution in [-0.4, -0.2) is 29.6 Å². The van der Waals surface area contributed by atoms with Crippen molar-refractivity contribution in [1.29, 1.82) is 0 Å². The minimum atomic E-state index is -0.546. The number of aliphatic hydroxyl groups excluding tert-OH is 1. The number of likely N-dealkylation sites (tertiary alicyclic amines) is 1. The molecule has 0 bridgehead atoms. The summed E-state index contributed by atoms with van der Waals surface area (Å²) in [5.41, 5.74) is 1.24. The summed E-state index contributed by atoms with van der Waals surface area (Å²) in [6.45, 7) is 7.82. The molecule has 1 atom stereocenters. The maximum absolute atomic E-state index is 10.3. The molecule has 2 nitrogen and oxygen atoms in total. The Kier molecular flexibility index (Phi) is 5.96. The Morgan fingerprint density at radius 3 is 2.57 bits per heavy atom. The number of aliphatic hydroxyl groups is 1. The van der Waals surface area contributed by atoms with Gasteiger partial charge < -0.3 is 10.0 Å². The van der Waals surface area contributed by atoms with Crippen LogP contribution in [0, 0.1) is 5.41 Å². The molecule has 1 unspecified atom stereocenters. The Morgan fingerprint density at radius 1 is 1.29 bits per heavy atom. The summed E-state index contributed by atoms with van der Waals surface area (Å²) in [5.74, 6) is 0. The highest BCUT2D eigenvalue weighted by molar-refractivity contribution is 6.42. The lowest BCUT2D eigenvalue weighted by Gasteiger charge is -2.39. The molecule has 118 valence electrons. The fourth-order valence-corrected chi connectivity index (χ4v) is 3.34. The van der Waals surface area contributed by atoms with Gasteiger partial charge in [-0.3, -0.25) is 0 Å². The second kappa shape index (κ2) is 7.32. The molecule has 0 spiro atoms. The zero-order valence-corrected chi connectivity index (χ0v) is 14.4. The van der Waals surface area contributed by atoms with Crippen molar-refractivity contribution >= 4 is 23.2 Å². The number of nitrogens with zero attached hydrogens (tertiary/aromatic N) is 1. The lowest BCUT2D eigenvalue weighted by Crippen LogP contribution is -2.39. The summed E-state index contributed by atoms with van der Waals surface area (Å²) in [4.78, 5) is 2.44. The van der Waals surface area contributed by atoms with E-state index in [0.717, 1.165) is 25.2 Å². The first-order chi connectivity index (χ1) is 9.95. The van der Waals surface area contributed by atoms with Crippen molar-refractivity contribution in [2.24, 2.45) is 5.41 Å². The van der Waals surface area contributed by atoms with Gasteiger partial charge in [0.25, 0.3) is 0 Å². The molecule has 0 radical (unpaired) electrons. The third kappa shape index (κ3) is 4.35. The molecule has 0 amide bonds. The highest BCUT2D eigenvalue weighted by Crippen LogP contribution is 2.35. The Balaban J connectivity index is 1.85. The van der Waals surface area contributed by atoms with Crippen LogP contribution in [0.15, 0.2) is 18.2 Å². The fraction of sp³-hybridized carbons (Fsp3) is 0.647. The smallest absolute Gasteiger partial charge is 0.0817 e. The van der Waals surface area contributed by atoms with Gasteiger partial charge in [0, 0.05) is 12.1 Å². The SMILES string of the molecule is CCC1(C)CCN(CCC(O)c2cccc(Cl)c2Cl)CC1. The standard InChI is InChI=1S/C17H25Cl2NO/c1-3-17(2)8-11-20(12-9-17)10-7-15(21)13-5-4-6-14(18)16(13)19/h4-6,15,21H,3,7-12H2,1-2H3. The first-order valence-corrected chi connectivity index (χ1v) is 8.55. The third-order valence-corrected chi connectivity index (χ3v) is 5.81. The van der Waals surface area contributed by atoms with E-state index in [1.165, 1.54) is 19.3 Å². The van der Waals surface area contributed by atoms with Crippen molar-refractivity contribution in [2.75, 3.05) is 19.6 Å². The van der Waals surface area contributed by atoms with Gasteiger partial charge >= 0.3 is 0 Å². The van der Waals surface area contributed by atoms with Crippen molar-refractivity contribution in [3.8, 4) is 0 Å². The lowest BCUT2D eigenvalue weighted by molar-refractivity contribution is 0.0910. The molecule has 1 aromatic rings. The molecule has 1 aromatic carbocycles. The Hall–Kier alpha value is -0.280. The Morgan fingerprint density at radius 2 is 1.95 bits per heavy atom. The predicted molar refractivity (Wildman–Crippen MR) is 90.1 cm³/mol. The summed E-state index contributed by atoms with van der Waals surface area (Å²) in [7, 11) is 0. The molecule has 0 aliphatic carbocycles. The van der Waals surface area contributed by atoms with Crippen LogP contribution < -0.4 is 0 Å². The molecule has 1 fully saturated rings. The largest absolute Gasteiger partial charge is 0.388 e. The number of piperidine rings is 1. The van der Waals surface area contributed by atoms with E-state index in [-0.39, 0.29) is 0 Å². The van der Waals surface area contributed by atoms with Crippen LogP contribution in [0.4, 0.5) is 0 Å². The van der Waals surface area contributed by atoms with Crippen molar-refractivity contribution in [2.45, 2.75) is 45.6 Å². The number of hydrogen-bond acceptors (Lipinski definition) is 2. The highest BCUT2D eigenvalue weighted by Gasteiger charge is 2.28. The molecule has 1 aliphatic heterocycles. The minimum absolute atomic E-state index is 0.476. The number of benzene rings is 1. The fourth-order valence-electron chi connectivity index (χ4n) is 2.91. The topological polar surface area (TPSA) is 23.5 Å². The maximum Gasteiger partial charge on any atom is 0.0817 e. The van der Waals surface area contributed by atoms with Gasteiger partial charge in [-0.15, -0.1) is 0 Å². The third-order valence-electron chi connectivity index (χ3n) is 4.98. The van der Waals surface area contributed by atoms with Crippen LogP contribution in [0.5, 0.6) is 0 Å². The monoisotopic (exact) mass is 329 g/mol. The summed E-state index contributed by atoms with van der Waals surface area (Å²) < 4.78 is 0. The van der Waals surface area contributed by atoms with Crippen LogP contribution in [-0.2, 0) is 0 Å². The first kappa shape index (κ1) is 17.1. The quantitative estimate of drug-likeness (QED) is 0.827. The van der Waals surface area contributed by atoms with Gasteiger partial charge in [-0.25, -0.2) is 0 Å². The van der Waals surface area contributed by atoms with Crippen LogP contribution in [0.3, 0.4) is 0 Å². The molecular formula is C17H25Cl2NO. The van der Waals surface area contributed by atoms with Gasteiger partial charge in [-0.1, -0.05) is 55.6 Å². The van der Waals surface area contributed by atoms with Crippen molar-refractivity contribution in [1.82, 2.24) is 4.90 Å². The first-order valence-electron chi connectivity index (χ1n) is 7.79. The molecule has 21 heavy (non-hydrogen) atoms. The van der Waals surface area contributed by atoms with E-state index in [2.05, 4.69) is 18.7 Å². The summed E-state index contributed by atoms with van der Waals surface area (Å²) in [6, 6.07) is 5.43.